The van der Waals surface area contributed by atoms with Crippen LogP contribution in [0, 0.1) is 0 Å². The average Bonchev–Trinajstić information content (AvgIpc) is 2.99. The Labute approximate surface area is 102 Å². The topological polar surface area (TPSA) is 85.1 Å². The van der Waals surface area contributed by atoms with Crippen LogP contribution in [0.1, 0.15) is 18.0 Å². The number of rotatable bonds is 2. The Bertz CT molecular complexity index is 594. The largest absolute Gasteiger partial charge is 0.447 e. The lowest BCUT2D eigenvalue weighted by Gasteiger charge is -2.20. The lowest BCUT2D eigenvalue weighted by molar-refractivity contribution is -0.126. The molecule has 0 aromatic carbocycles. The van der Waals surface area contributed by atoms with Crippen molar-refractivity contribution in [2.45, 2.75) is 11.8 Å². The Kier molecular flexibility index (Phi) is 2.22. The fraction of sp³-hybridized carbons (Fsp3) is 0.167. The monoisotopic (exact) mass is 243 g/mol. The van der Waals surface area contributed by atoms with Crippen LogP contribution in [-0.4, -0.2) is 21.8 Å². The summed E-state index contributed by atoms with van der Waals surface area (Å²) in [4.78, 5) is 31.8. The van der Waals surface area contributed by atoms with Crippen LogP contribution in [0.4, 0.5) is 0 Å². The van der Waals surface area contributed by atoms with Crippen molar-refractivity contribution in [3.63, 3.8) is 0 Å². The molecule has 0 aliphatic carbocycles. The fourth-order valence-corrected chi connectivity index (χ4v) is 2.14. The molecular formula is C12H9N3O3. The normalized spacial score (nSPS) is 23.1. The summed E-state index contributed by atoms with van der Waals surface area (Å²) < 4.78 is 5.23. The molecule has 0 radical (unpaired) electrons. The molecule has 1 N–H and O–H groups in total. The van der Waals surface area contributed by atoms with Gasteiger partial charge in [0.2, 0.25) is 17.7 Å². The summed E-state index contributed by atoms with van der Waals surface area (Å²) >= 11 is 0. The van der Waals surface area contributed by atoms with E-state index >= 15 is 0 Å². The van der Waals surface area contributed by atoms with Crippen molar-refractivity contribution in [3.8, 4) is 0 Å². The number of carbonyl (C=O) groups excluding carboxylic acids is 2. The number of nitrogens with zero attached hydrogens (tertiary/aromatic N) is 2. The number of nitrogens with one attached hydrogen (secondary N) is 1. The molecule has 2 aromatic rings. The molecule has 2 amide bonds. The minimum Gasteiger partial charge on any atom is -0.447 e. The van der Waals surface area contributed by atoms with Gasteiger partial charge in [0.1, 0.15) is 6.26 Å². The zero-order valence-electron chi connectivity index (χ0n) is 9.29. The average molecular weight is 243 g/mol. The fourth-order valence-electron chi connectivity index (χ4n) is 2.14. The number of aromatic nitrogens is 2. The Morgan fingerprint density at radius 3 is 2.67 bits per heavy atom. The van der Waals surface area contributed by atoms with Crippen LogP contribution in [-0.2, 0) is 15.0 Å². The molecular weight excluding hydrogens is 234 g/mol. The van der Waals surface area contributed by atoms with E-state index in [1.165, 1.54) is 12.5 Å². The summed E-state index contributed by atoms with van der Waals surface area (Å²) in [6, 6.07) is 5.17. The molecule has 6 nitrogen and oxygen atoms in total. The van der Waals surface area contributed by atoms with Gasteiger partial charge >= 0.3 is 0 Å². The van der Waals surface area contributed by atoms with E-state index in [2.05, 4.69) is 15.3 Å². The summed E-state index contributed by atoms with van der Waals surface area (Å²) in [6.07, 6.45) is 4.34. The lowest BCUT2D eigenvalue weighted by atomic mass is 9.82. The van der Waals surface area contributed by atoms with E-state index in [1.54, 1.807) is 24.4 Å². The molecule has 18 heavy (non-hydrogen) atoms. The van der Waals surface area contributed by atoms with E-state index in [-0.39, 0.29) is 18.2 Å². The lowest BCUT2D eigenvalue weighted by Crippen LogP contribution is -2.37. The molecule has 0 bridgehead atoms. The van der Waals surface area contributed by atoms with E-state index < -0.39 is 11.3 Å². The Morgan fingerprint density at radius 2 is 2.11 bits per heavy atom. The predicted octanol–water partition coefficient (Wildman–Crippen LogP) is 0.402. The zero-order valence-corrected chi connectivity index (χ0v) is 9.29. The van der Waals surface area contributed by atoms with Gasteiger partial charge in [0, 0.05) is 6.20 Å². The molecule has 3 heterocycles. The van der Waals surface area contributed by atoms with Gasteiger partial charge in [0.25, 0.3) is 0 Å². The van der Waals surface area contributed by atoms with Gasteiger partial charge < -0.3 is 4.42 Å². The van der Waals surface area contributed by atoms with Gasteiger partial charge in [0.05, 0.1) is 18.3 Å². The smallest absolute Gasteiger partial charge is 0.248 e. The molecule has 1 aliphatic heterocycles. The second-order valence-electron chi connectivity index (χ2n) is 4.01. The van der Waals surface area contributed by atoms with Gasteiger partial charge in [-0.1, -0.05) is 6.07 Å². The van der Waals surface area contributed by atoms with Crippen LogP contribution in [0.3, 0.4) is 0 Å². The number of pyridine rings is 1. The first-order chi connectivity index (χ1) is 8.73. The van der Waals surface area contributed by atoms with Crippen molar-refractivity contribution in [2.75, 3.05) is 0 Å². The molecule has 1 fully saturated rings. The Balaban J connectivity index is 2.22. The van der Waals surface area contributed by atoms with Crippen LogP contribution < -0.4 is 5.32 Å². The van der Waals surface area contributed by atoms with Crippen molar-refractivity contribution >= 4 is 11.8 Å². The van der Waals surface area contributed by atoms with Crippen LogP contribution in [0.2, 0.25) is 0 Å². The maximum absolute atomic E-state index is 12.1. The highest BCUT2D eigenvalue weighted by Crippen LogP contribution is 2.36. The van der Waals surface area contributed by atoms with E-state index in [4.69, 9.17) is 4.42 Å². The third-order valence-corrected chi connectivity index (χ3v) is 2.97. The third-order valence-electron chi connectivity index (χ3n) is 2.97. The highest BCUT2D eigenvalue weighted by atomic mass is 16.3. The van der Waals surface area contributed by atoms with Crippen molar-refractivity contribution < 1.29 is 14.0 Å². The minimum absolute atomic E-state index is 0.0383. The van der Waals surface area contributed by atoms with Crippen molar-refractivity contribution in [1.29, 1.82) is 0 Å². The number of hydrogen-bond donors (Lipinski definition) is 1. The van der Waals surface area contributed by atoms with Gasteiger partial charge in [0.15, 0.2) is 5.41 Å². The van der Waals surface area contributed by atoms with Crippen LogP contribution in [0.25, 0.3) is 0 Å². The second kappa shape index (κ2) is 3.76. The molecule has 0 spiro atoms. The molecule has 90 valence electrons. The van der Waals surface area contributed by atoms with Gasteiger partial charge in [-0.25, -0.2) is 4.98 Å². The SMILES string of the molecule is O=C1CC(c2ccccn2)(c2ncco2)C(=O)N1. The van der Waals surface area contributed by atoms with Crippen LogP contribution in [0.15, 0.2) is 41.3 Å². The first-order valence-corrected chi connectivity index (χ1v) is 5.39. The summed E-state index contributed by atoms with van der Waals surface area (Å²) in [5, 5.41) is 2.28. The van der Waals surface area contributed by atoms with Crippen molar-refractivity contribution in [1.82, 2.24) is 15.3 Å². The molecule has 1 saturated heterocycles. The first-order valence-electron chi connectivity index (χ1n) is 5.39. The van der Waals surface area contributed by atoms with Gasteiger partial charge in [-0.15, -0.1) is 0 Å². The van der Waals surface area contributed by atoms with E-state index in [0.29, 0.717) is 5.69 Å². The van der Waals surface area contributed by atoms with Crippen LogP contribution in [0.5, 0.6) is 0 Å². The number of amides is 2. The molecule has 2 aromatic heterocycles. The standard InChI is InChI=1S/C12H9N3O3/c16-9-7-12(10(17)15-9,11-14-5-6-18-11)8-3-1-2-4-13-8/h1-6H,7H2,(H,15,16,17). The summed E-state index contributed by atoms with van der Waals surface area (Å²) in [7, 11) is 0. The number of imide groups is 1. The molecule has 0 saturated carbocycles. The van der Waals surface area contributed by atoms with Crippen LogP contribution >= 0.6 is 0 Å². The quantitative estimate of drug-likeness (QED) is 0.772. The number of carbonyl (C=O) groups is 2. The third kappa shape index (κ3) is 1.35. The molecule has 1 aliphatic rings. The summed E-state index contributed by atoms with van der Waals surface area (Å²) in [6.45, 7) is 0. The molecule has 1 unspecified atom stereocenters. The maximum Gasteiger partial charge on any atom is 0.248 e. The number of hydrogen-bond acceptors (Lipinski definition) is 5. The van der Waals surface area contributed by atoms with E-state index in [1.807, 2.05) is 0 Å². The molecule has 3 rings (SSSR count). The van der Waals surface area contributed by atoms with Gasteiger partial charge in [-0.05, 0) is 12.1 Å². The Hall–Kier alpha value is -2.50. The van der Waals surface area contributed by atoms with Gasteiger partial charge in [-0.2, -0.15) is 0 Å². The van der Waals surface area contributed by atoms with Gasteiger partial charge in [-0.3, -0.25) is 19.9 Å². The second-order valence-corrected chi connectivity index (χ2v) is 4.01. The van der Waals surface area contributed by atoms with E-state index in [0.717, 1.165) is 0 Å². The first kappa shape index (κ1) is 10.6. The van der Waals surface area contributed by atoms with Crippen molar-refractivity contribution in [2.24, 2.45) is 0 Å². The van der Waals surface area contributed by atoms with Crippen molar-refractivity contribution in [3.05, 3.63) is 48.4 Å². The molecule has 1 atom stereocenters. The molecule has 6 heteroatoms. The summed E-state index contributed by atoms with van der Waals surface area (Å²) in [5.41, 5.74) is -0.794. The maximum atomic E-state index is 12.1. The Morgan fingerprint density at radius 1 is 1.22 bits per heavy atom. The summed E-state index contributed by atoms with van der Waals surface area (Å²) in [5.74, 6) is -0.623. The minimum atomic E-state index is -1.25. The van der Waals surface area contributed by atoms with E-state index in [9.17, 15) is 9.59 Å². The zero-order chi connectivity index (χ0) is 12.6. The number of oxazole rings is 1. The highest BCUT2D eigenvalue weighted by molar-refractivity contribution is 6.10. The predicted molar refractivity (Wildman–Crippen MR) is 59.3 cm³/mol. The highest BCUT2D eigenvalue weighted by Gasteiger charge is 2.54.